The molecule has 4 aromatic rings. The molecule has 3 heterocycles. The molecule has 8 heteroatoms. The molecule has 6 rings (SSSR count). The fraction of sp³-hybridized carbons (Fsp3) is 0.290. The predicted octanol–water partition coefficient (Wildman–Crippen LogP) is 6.18. The number of aromatic nitrogens is 1. The first-order valence-corrected chi connectivity index (χ1v) is 12.9. The van der Waals surface area contributed by atoms with E-state index >= 15 is 0 Å². The molecule has 3 atom stereocenters. The van der Waals surface area contributed by atoms with Crippen molar-refractivity contribution in [1.29, 1.82) is 5.26 Å². The van der Waals surface area contributed by atoms with E-state index in [0.29, 0.717) is 53.1 Å². The molecular formula is C31H27N3O5. The van der Waals surface area contributed by atoms with Crippen LogP contribution in [0.4, 0.5) is 5.69 Å². The molecule has 2 aliphatic rings. The lowest BCUT2D eigenvalue weighted by molar-refractivity contribution is -0.125. The summed E-state index contributed by atoms with van der Waals surface area (Å²) in [5.74, 6) is 0.441. The number of rotatable bonds is 7. The van der Waals surface area contributed by atoms with E-state index in [1.54, 1.807) is 43.5 Å². The highest BCUT2D eigenvalue weighted by molar-refractivity contribution is 5.95. The van der Waals surface area contributed by atoms with Crippen molar-refractivity contribution >= 4 is 16.5 Å². The average molecular weight is 522 g/mol. The minimum Gasteiger partial charge on any atom is -0.494 e. The highest BCUT2D eigenvalue weighted by Gasteiger charge is 2.67. The van der Waals surface area contributed by atoms with Gasteiger partial charge in [0, 0.05) is 30.7 Å². The fourth-order valence-corrected chi connectivity index (χ4v) is 6.45. The third kappa shape index (κ3) is 3.43. The van der Waals surface area contributed by atoms with Gasteiger partial charge in [0.25, 0.3) is 0 Å². The molecule has 2 unspecified atom stereocenters. The molecule has 0 aliphatic carbocycles. The minimum atomic E-state index is -0.934. The zero-order chi connectivity index (χ0) is 27.4. The Balaban J connectivity index is 1.46. The molecule has 1 saturated heterocycles. The molecule has 1 fully saturated rings. The van der Waals surface area contributed by atoms with Crippen molar-refractivity contribution in [2.24, 2.45) is 0 Å². The number of methoxy groups -OCH3 is 1. The Morgan fingerprint density at radius 2 is 1.79 bits per heavy atom. The van der Waals surface area contributed by atoms with Gasteiger partial charge in [-0.3, -0.25) is 4.57 Å². The molecule has 2 N–H and O–H groups in total. The topological polar surface area (TPSA) is 101 Å². The van der Waals surface area contributed by atoms with Crippen LogP contribution in [0.3, 0.4) is 0 Å². The lowest BCUT2D eigenvalue weighted by Gasteiger charge is -2.31. The normalized spacial score (nSPS) is 22.9. The smallest absolute Gasteiger partial charge is 0.205 e. The minimum absolute atomic E-state index is 0.0938. The van der Waals surface area contributed by atoms with Gasteiger partial charge in [0.1, 0.15) is 17.0 Å². The highest BCUT2D eigenvalue weighted by atomic mass is 16.6. The van der Waals surface area contributed by atoms with Gasteiger partial charge in [-0.15, -0.1) is 0 Å². The summed E-state index contributed by atoms with van der Waals surface area (Å²) in [6, 6.07) is 20.0. The van der Waals surface area contributed by atoms with Gasteiger partial charge in [-0.2, -0.15) is 5.26 Å². The van der Waals surface area contributed by atoms with E-state index in [-0.39, 0.29) is 24.5 Å². The van der Waals surface area contributed by atoms with E-state index in [4.69, 9.17) is 20.8 Å². The summed E-state index contributed by atoms with van der Waals surface area (Å²) in [5, 5.41) is 34.5. The van der Waals surface area contributed by atoms with Crippen molar-refractivity contribution in [3.05, 3.63) is 88.8 Å². The van der Waals surface area contributed by atoms with Crippen molar-refractivity contribution in [3.8, 4) is 29.3 Å². The van der Waals surface area contributed by atoms with Crippen molar-refractivity contribution < 1.29 is 24.4 Å². The molecule has 0 radical (unpaired) electrons. The summed E-state index contributed by atoms with van der Waals surface area (Å²) < 4.78 is 20.1. The number of benzene rings is 3. The number of hydrogen-bond donors (Lipinski definition) is 2. The summed E-state index contributed by atoms with van der Waals surface area (Å²) in [6.45, 7) is 9.40. The van der Waals surface area contributed by atoms with E-state index in [1.165, 1.54) is 4.57 Å². The van der Waals surface area contributed by atoms with E-state index in [1.807, 2.05) is 31.2 Å². The Morgan fingerprint density at radius 1 is 1.08 bits per heavy atom. The maximum atomic E-state index is 11.7. The molecule has 2 bridgehead atoms. The summed E-state index contributed by atoms with van der Waals surface area (Å²) >= 11 is 0. The molecule has 2 aliphatic heterocycles. The molecule has 0 amide bonds. The first kappa shape index (κ1) is 24.8. The zero-order valence-electron chi connectivity index (χ0n) is 21.6. The van der Waals surface area contributed by atoms with Crippen LogP contribution in [0.1, 0.15) is 42.9 Å². The van der Waals surface area contributed by atoms with Crippen LogP contribution in [0, 0.1) is 17.9 Å². The largest absolute Gasteiger partial charge is 0.494 e. The quantitative estimate of drug-likeness (QED) is 0.282. The second-order valence-electron chi connectivity index (χ2n) is 9.99. The lowest BCUT2D eigenvalue weighted by Crippen LogP contribution is -2.37. The molecule has 1 aromatic heterocycles. The van der Waals surface area contributed by atoms with Crippen LogP contribution in [-0.2, 0) is 20.7 Å². The Labute approximate surface area is 226 Å². The molecule has 0 saturated carbocycles. The Kier molecular flexibility index (Phi) is 5.76. The van der Waals surface area contributed by atoms with Crippen molar-refractivity contribution in [3.63, 3.8) is 0 Å². The number of nitrogens with zero attached hydrogens (tertiary/aromatic N) is 3. The predicted molar refractivity (Wildman–Crippen MR) is 144 cm³/mol. The van der Waals surface area contributed by atoms with E-state index in [2.05, 4.69) is 10.9 Å². The molecule has 0 spiro atoms. The third-order valence-corrected chi connectivity index (χ3v) is 8.22. The van der Waals surface area contributed by atoms with Crippen LogP contribution in [-0.4, -0.2) is 34.6 Å². The second-order valence-corrected chi connectivity index (χ2v) is 9.99. The number of nitriles is 1. The lowest BCUT2D eigenvalue weighted by atomic mass is 9.74. The highest BCUT2D eigenvalue weighted by Crippen LogP contribution is 2.67. The van der Waals surface area contributed by atoms with E-state index < -0.39 is 11.2 Å². The van der Waals surface area contributed by atoms with Gasteiger partial charge < -0.3 is 24.4 Å². The Hall–Kier alpha value is -4.50. The summed E-state index contributed by atoms with van der Waals surface area (Å²) in [5.41, 5.74) is 0.840. The number of aromatic hydroxyl groups is 2. The van der Waals surface area contributed by atoms with Crippen LogP contribution in [0.5, 0.6) is 17.5 Å². The van der Waals surface area contributed by atoms with E-state index in [0.717, 1.165) is 10.8 Å². The Morgan fingerprint density at radius 3 is 2.46 bits per heavy atom. The maximum absolute atomic E-state index is 11.7. The zero-order valence-corrected chi connectivity index (χ0v) is 21.6. The van der Waals surface area contributed by atoms with Gasteiger partial charge in [0.05, 0.1) is 47.7 Å². The standard InChI is InChI=1S/C31H27N3O5/c1-4-31-25(37-3)17-30(39-31,15-16-38-21-12-10-20(33-2)11-13-21)26-27(31)29(36)34(28(26)35)24-14-9-19(18-32)22-7-5-6-8-23(22)24/h5-14,25,35-36H,4,15-17H2,1,3H3/t25-,30?,31?/m0/s1. The SMILES string of the molecule is [C-]#[N+]c1ccc(OCCC23C[C@H](OC)C(CC)(O2)c2c3c(O)n(-c3ccc(C#N)c4ccccc34)c2O)cc1. The van der Waals surface area contributed by atoms with Gasteiger partial charge in [-0.25, -0.2) is 4.85 Å². The molecule has 39 heavy (non-hydrogen) atoms. The van der Waals surface area contributed by atoms with Gasteiger partial charge in [-0.05, 0) is 30.7 Å². The third-order valence-electron chi connectivity index (χ3n) is 8.22. The summed E-state index contributed by atoms with van der Waals surface area (Å²) in [4.78, 5) is 3.41. The first-order chi connectivity index (χ1) is 18.9. The Bertz CT molecular complexity index is 1680. The second kappa shape index (κ2) is 9.06. The average Bonchev–Trinajstić information content (AvgIpc) is 3.56. The van der Waals surface area contributed by atoms with Crippen LogP contribution in [0.25, 0.3) is 21.3 Å². The van der Waals surface area contributed by atoms with Crippen LogP contribution in [0.2, 0.25) is 0 Å². The van der Waals surface area contributed by atoms with Crippen LogP contribution >= 0.6 is 0 Å². The van der Waals surface area contributed by atoms with Crippen molar-refractivity contribution in [1.82, 2.24) is 4.57 Å². The first-order valence-electron chi connectivity index (χ1n) is 12.9. The number of fused-ring (bicyclic) bond motifs is 6. The van der Waals surface area contributed by atoms with E-state index in [9.17, 15) is 15.5 Å². The molecule has 3 aromatic carbocycles. The number of hydrogen-bond acceptors (Lipinski definition) is 6. The van der Waals surface area contributed by atoms with Crippen LogP contribution in [0.15, 0.2) is 60.7 Å². The van der Waals surface area contributed by atoms with Gasteiger partial charge in [0.2, 0.25) is 11.8 Å². The maximum Gasteiger partial charge on any atom is 0.205 e. The van der Waals surface area contributed by atoms with Crippen molar-refractivity contribution in [2.75, 3.05) is 13.7 Å². The van der Waals surface area contributed by atoms with Gasteiger partial charge in [0.15, 0.2) is 5.69 Å². The summed E-state index contributed by atoms with van der Waals surface area (Å²) in [7, 11) is 1.64. The molecule has 8 nitrogen and oxygen atoms in total. The van der Waals surface area contributed by atoms with Gasteiger partial charge >= 0.3 is 0 Å². The fourth-order valence-electron chi connectivity index (χ4n) is 6.45. The van der Waals surface area contributed by atoms with Crippen LogP contribution < -0.4 is 4.74 Å². The summed E-state index contributed by atoms with van der Waals surface area (Å²) in [6.07, 6.45) is 1.11. The van der Waals surface area contributed by atoms with Crippen molar-refractivity contribution in [2.45, 2.75) is 43.5 Å². The number of ether oxygens (including phenoxy) is 3. The molecular weight excluding hydrogens is 494 g/mol. The monoisotopic (exact) mass is 521 g/mol. The molecule has 196 valence electrons. The van der Waals surface area contributed by atoms with Gasteiger partial charge in [-0.1, -0.05) is 43.3 Å².